The van der Waals surface area contributed by atoms with Gasteiger partial charge in [-0.1, -0.05) is 31.7 Å². The third-order valence-corrected chi connectivity index (χ3v) is 3.33. The number of nitrogens with zero attached hydrogens (tertiary/aromatic N) is 2. The highest BCUT2D eigenvalue weighted by Crippen LogP contribution is 2.43. The Morgan fingerprint density at radius 2 is 2.00 bits per heavy atom. The molecule has 1 aromatic rings. The summed E-state index contributed by atoms with van der Waals surface area (Å²) in [6.45, 7) is 6.02. The average Bonchev–Trinajstić information content (AvgIpc) is 2.66. The van der Waals surface area contributed by atoms with Gasteiger partial charge < -0.3 is 5.73 Å². The summed E-state index contributed by atoms with van der Waals surface area (Å²) in [4.78, 5) is 8.85. The minimum atomic E-state index is 0.202. The molecule has 0 saturated carbocycles. The van der Waals surface area contributed by atoms with Crippen LogP contribution in [0.2, 0.25) is 0 Å². The number of rotatable bonds is 0. The van der Waals surface area contributed by atoms with Crippen LogP contribution in [0.1, 0.15) is 18.4 Å². The largest absolute Gasteiger partial charge is 0.387 e. The minimum absolute atomic E-state index is 0.202. The third-order valence-electron chi connectivity index (χ3n) is 3.33. The standard InChI is InChI=1S/C13H13N3/c1-7-11-9-5-3-4-6-10(9)16-12(11)8(2)15-13(7)14/h3-7,11H,2H2,1H3,(H2,14,15)/t7?,11-/m1/s1. The molecule has 2 atom stereocenters. The fourth-order valence-corrected chi connectivity index (χ4v) is 2.43. The number of nitrogens with two attached hydrogens (primary N) is 1. The predicted molar refractivity (Wildman–Crippen MR) is 66.2 cm³/mol. The Morgan fingerprint density at radius 3 is 2.81 bits per heavy atom. The fourth-order valence-electron chi connectivity index (χ4n) is 2.43. The van der Waals surface area contributed by atoms with Crippen molar-refractivity contribution >= 4 is 17.2 Å². The number of para-hydroxylation sites is 1. The molecule has 2 N–H and O–H groups in total. The first-order valence-corrected chi connectivity index (χ1v) is 5.39. The van der Waals surface area contributed by atoms with E-state index in [4.69, 9.17) is 5.73 Å². The summed E-state index contributed by atoms with van der Waals surface area (Å²) < 4.78 is 0. The first-order chi connectivity index (χ1) is 7.68. The van der Waals surface area contributed by atoms with Gasteiger partial charge in [0.25, 0.3) is 0 Å². The van der Waals surface area contributed by atoms with Crippen LogP contribution >= 0.6 is 0 Å². The van der Waals surface area contributed by atoms with E-state index in [1.807, 2.05) is 18.2 Å². The molecule has 0 aromatic heterocycles. The van der Waals surface area contributed by atoms with Crippen LogP contribution in [-0.4, -0.2) is 11.5 Å². The highest BCUT2D eigenvalue weighted by Gasteiger charge is 2.37. The Kier molecular flexibility index (Phi) is 1.78. The maximum absolute atomic E-state index is 5.92. The lowest BCUT2D eigenvalue weighted by Crippen LogP contribution is -2.34. The van der Waals surface area contributed by atoms with Crippen molar-refractivity contribution in [2.45, 2.75) is 12.8 Å². The van der Waals surface area contributed by atoms with Crippen LogP contribution in [-0.2, 0) is 0 Å². The smallest absolute Gasteiger partial charge is 0.104 e. The van der Waals surface area contributed by atoms with E-state index in [0.29, 0.717) is 11.5 Å². The van der Waals surface area contributed by atoms with Crippen LogP contribution < -0.4 is 5.73 Å². The molecule has 2 aliphatic heterocycles. The first-order valence-electron chi connectivity index (χ1n) is 5.39. The Bertz CT molecular complexity index is 540. The number of amidine groups is 1. The second kappa shape index (κ2) is 3.04. The van der Waals surface area contributed by atoms with E-state index in [1.54, 1.807) is 0 Å². The number of aliphatic imine (C=N–C) groups is 2. The molecule has 16 heavy (non-hydrogen) atoms. The van der Waals surface area contributed by atoms with Crippen molar-refractivity contribution in [2.24, 2.45) is 21.6 Å². The zero-order valence-electron chi connectivity index (χ0n) is 9.14. The average molecular weight is 211 g/mol. The minimum Gasteiger partial charge on any atom is -0.387 e. The SMILES string of the molecule is C=C1N=C(N)C(C)[C@H]2C1=Nc1ccccc12. The second-order valence-electron chi connectivity index (χ2n) is 4.31. The molecule has 0 radical (unpaired) electrons. The van der Waals surface area contributed by atoms with Gasteiger partial charge in [0.05, 0.1) is 17.1 Å². The number of hydrogen-bond acceptors (Lipinski definition) is 3. The zero-order chi connectivity index (χ0) is 11.3. The highest BCUT2D eigenvalue weighted by atomic mass is 15.0. The molecule has 3 rings (SSSR count). The van der Waals surface area contributed by atoms with Gasteiger partial charge in [0, 0.05) is 11.8 Å². The van der Waals surface area contributed by atoms with Crippen molar-refractivity contribution in [2.75, 3.05) is 0 Å². The number of allylic oxidation sites excluding steroid dienone is 1. The highest BCUT2D eigenvalue weighted by molar-refractivity contribution is 6.14. The summed E-state index contributed by atoms with van der Waals surface area (Å²) in [6.07, 6.45) is 0. The number of fused-ring (bicyclic) bond motifs is 3. The molecular formula is C13H13N3. The molecule has 0 fully saturated rings. The number of hydrogen-bond donors (Lipinski definition) is 1. The summed E-state index contributed by atoms with van der Waals surface area (Å²) in [6, 6.07) is 8.17. The molecule has 0 amide bonds. The monoisotopic (exact) mass is 211 g/mol. The van der Waals surface area contributed by atoms with Crippen molar-refractivity contribution in [3.8, 4) is 0 Å². The van der Waals surface area contributed by atoms with Gasteiger partial charge in [-0.25, -0.2) is 4.99 Å². The van der Waals surface area contributed by atoms with Crippen LogP contribution in [0.5, 0.6) is 0 Å². The van der Waals surface area contributed by atoms with Crippen LogP contribution in [0.4, 0.5) is 5.69 Å². The summed E-state index contributed by atoms with van der Waals surface area (Å²) in [5.41, 5.74) is 9.86. The first kappa shape index (κ1) is 9.33. The van der Waals surface area contributed by atoms with Gasteiger partial charge in [0.1, 0.15) is 5.84 Å². The molecule has 2 heterocycles. The van der Waals surface area contributed by atoms with Crippen molar-refractivity contribution in [3.63, 3.8) is 0 Å². The van der Waals surface area contributed by atoms with E-state index in [-0.39, 0.29) is 11.8 Å². The molecule has 0 aliphatic carbocycles. The molecule has 3 heteroatoms. The molecule has 0 spiro atoms. The van der Waals surface area contributed by atoms with E-state index >= 15 is 0 Å². The Hall–Kier alpha value is -1.90. The van der Waals surface area contributed by atoms with E-state index in [0.717, 1.165) is 11.4 Å². The summed E-state index contributed by atoms with van der Waals surface area (Å²) in [5.74, 6) is 1.10. The number of benzene rings is 1. The van der Waals surface area contributed by atoms with Crippen LogP contribution in [0.25, 0.3) is 0 Å². The molecule has 1 aromatic carbocycles. The Morgan fingerprint density at radius 1 is 1.25 bits per heavy atom. The maximum atomic E-state index is 5.92. The van der Waals surface area contributed by atoms with Crippen LogP contribution in [0.3, 0.4) is 0 Å². The predicted octanol–water partition coefficient (Wildman–Crippen LogP) is 2.38. The van der Waals surface area contributed by atoms with E-state index in [9.17, 15) is 0 Å². The van der Waals surface area contributed by atoms with Gasteiger partial charge >= 0.3 is 0 Å². The molecule has 2 aliphatic rings. The lowest BCUT2D eigenvalue weighted by Gasteiger charge is -2.26. The van der Waals surface area contributed by atoms with E-state index < -0.39 is 0 Å². The van der Waals surface area contributed by atoms with Gasteiger partial charge in [0.15, 0.2) is 0 Å². The summed E-state index contributed by atoms with van der Waals surface area (Å²) in [7, 11) is 0. The van der Waals surface area contributed by atoms with Crippen molar-refractivity contribution in [3.05, 3.63) is 42.1 Å². The fraction of sp³-hybridized carbons (Fsp3) is 0.231. The second-order valence-corrected chi connectivity index (χ2v) is 4.31. The topological polar surface area (TPSA) is 50.7 Å². The molecular weight excluding hydrogens is 198 g/mol. The third kappa shape index (κ3) is 1.08. The van der Waals surface area contributed by atoms with Gasteiger partial charge in [-0.05, 0) is 11.6 Å². The molecule has 80 valence electrons. The van der Waals surface area contributed by atoms with E-state index in [2.05, 4.69) is 29.6 Å². The maximum Gasteiger partial charge on any atom is 0.104 e. The van der Waals surface area contributed by atoms with E-state index in [1.165, 1.54) is 5.56 Å². The van der Waals surface area contributed by atoms with Gasteiger partial charge in [-0.2, -0.15) is 0 Å². The van der Waals surface area contributed by atoms with Crippen LogP contribution in [0, 0.1) is 5.92 Å². The molecule has 0 bridgehead atoms. The van der Waals surface area contributed by atoms with Gasteiger partial charge in [0.2, 0.25) is 0 Å². The molecule has 1 unspecified atom stereocenters. The summed E-state index contributed by atoms with van der Waals surface area (Å²) >= 11 is 0. The van der Waals surface area contributed by atoms with Crippen molar-refractivity contribution < 1.29 is 0 Å². The Labute approximate surface area is 94.4 Å². The van der Waals surface area contributed by atoms with Gasteiger partial charge in [-0.15, -0.1) is 0 Å². The zero-order valence-corrected chi connectivity index (χ0v) is 9.14. The van der Waals surface area contributed by atoms with Crippen molar-refractivity contribution in [1.82, 2.24) is 0 Å². The molecule has 0 saturated heterocycles. The van der Waals surface area contributed by atoms with Crippen molar-refractivity contribution in [1.29, 1.82) is 0 Å². The summed E-state index contributed by atoms with van der Waals surface area (Å²) in [5, 5.41) is 0. The molecule has 3 nitrogen and oxygen atoms in total. The normalized spacial score (nSPS) is 26.9. The lowest BCUT2D eigenvalue weighted by atomic mass is 9.81. The van der Waals surface area contributed by atoms with Gasteiger partial charge in [-0.3, -0.25) is 4.99 Å². The quantitative estimate of drug-likeness (QED) is 0.703. The Balaban J connectivity index is 2.20. The lowest BCUT2D eigenvalue weighted by molar-refractivity contribution is 0.701. The van der Waals surface area contributed by atoms with Crippen LogP contribution in [0.15, 0.2) is 46.5 Å².